The van der Waals surface area contributed by atoms with Crippen molar-refractivity contribution in [3.8, 4) is 0 Å². The zero-order chi connectivity index (χ0) is 14.2. The fourth-order valence-electron chi connectivity index (χ4n) is 1.87. The largest absolute Gasteiger partial charge is 0.383 e. The van der Waals surface area contributed by atoms with Crippen LogP contribution in [-0.2, 0) is 17.8 Å². The first-order chi connectivity index (χ1) is 9.79. The zero-order valence-electron chi connectivity index (χ0n) is 12.0. The lowest BCUT2D eigenvalue weighted by Crippen LogP contribution is -2.19. The van der Waals surface area contributed by atoms with Crippen molar-refractivity contribution in [1.29, 1.82) is 0 Å². The maximum Gasteiger partial charge on any atom is 0.185 e. The van der Waals surface area contributed by atoms with Crippen LogP contribution in [0.4, 0.5) is 5.13 Å². The summed E-state index contributed by atoms with van der Waals surface area (Å²) >= 11 is 1.68. The second-order valence-electron chi connectivity index (χ2n) is 4.63. The summed E-state index contributed by atoms with van der Waals surface area (Å²) in [7, 11) is 3.79. The van der Waals surface area contributed by atoms with E-state index in [4.69, 9.17) is 4.74 Å². The molecule has 2 aromatic rings. The first-order valence-corrected chi connectivity index (χ1v) is 7.56. The molecule has 5 heteroatoms. The number of aromatic nitrogens is 1. The Morgan fingerprint density at radius 3 is 2.85 bits per heavy atom. The maximum atomic E-state index is 5.00. The Bertz CT molecular complexity index is 501. The molecule has 1 aromatic heterocycles. The number of hydrogen-bond donors (Lipinski definition) is 1. The molecule has 0 spiro atoms. The molecule has 0 amide bonds. The topological polar surface area (TPSA) is 37.4 Å². The van der Waals surface area contributed by atoms with Crippen LogP contribution in [0.1, 0.15) is 11.3 Å². The van der Waals surface area contributed by atoms with Crippen molar-refractivity contribution in [2.75, 3.05) is 32.2 Å². The Labute approximate surface area is 124 Å². The van der Waals surface area contributed by atoms with Gasteiger partial charge in [0.05, 0.1) is 12.3 Å². The minimum absolute atomic E-state index is 0.727. The zero-order valence-corrected chi connectivity index (χ0v) is 12.8. The second-order valence-corrected chi connectivity index (χ2v) is 5.47. The molecule has 0 unspecified atom stereocenters. The van der Waals surface area contributed by atoms with Gasteiger partial charge >= 0.3 is 0 Å². The minimum Gasteiger partial charge on any atom is -0.383 e. The van der Waals surface area contributed by atoms with Crippen LogP contribution in [0.3, 0.4) is 0 Å². The van der Waals surface area contributed by atoms with Crippen molar-refractivity contribution >= 4 is 16.5 Å². The van der Waals surface area contributed by atoms with Gasteiger partial charge in [-0.3, -0.25) is 0 Å². The summed E-state index contributed by atoms with van der Waals surface area (Å²) in [6.45, 7) is 3.25. The highest BCUT2D eigenvalue weighted by Crippen LogP contribution is 2.20. The number of ether oxygens (including phenoxy) is 1. The SMILES string of the molecule is COCCNCc1csc(N(C)Cc2ccccc2)n1. The third-order valence-electron chi connectivity index (χ3n) is 2.92. The fraction of sp³-hybridized carbons (Fsp3) is 0.400. The van der Waals surface area contributed by atoms with Gasteiger partial charge in [-0.05, 0) is 5.56 Å². The molecule has 1 N–H and O–H groups in total. The Hall–Kier alpha value is -1.43. The normalized spacial score (nSPS) is 10.7. The van der Waals surface area contributed by atoms with Crippen molar-refractivity contribution in [3.05, 3.63) is 47.0 Å². The highest BCUT2D eigenvalue weighted by atomic mass is 32.1. The van der Waals surface area contributed by atoms with E-state index in [0.29, 0.717) is 0 Å². The minimum atomic E-state index is 0.727. The van der Waals surface area contributed by atoms with Gasteiger partial charge in [0, 0.05) is 39.2 Å². The molecule has 0 aliphatic carbocycles. The molecule has 0 saturated carbocycles. The summed E-state index contributed by atoms with van der Waals surface area (Å²) in [5.41, 5.74) is 2.38. The predicted octanol–water partition coefficient (Wildman–Crippen LogP) is 2.52. The molecule has 108 valence electrons. The molecule has 1 aromatic carbocycles. The number of rotatable bonds is 8. The molecule has 0 aliphatic heterocycles. The number of thiazole rings is 1. The summed E-state index contributed by atoms with van der Waals surface area (Å²) in [6.07, 6.45) is 0. The maximum absolute atomic E-state index is 5.00. The van der Waals surface area contributed by atoms with E-state index in [1.54, 1.807) is 18.4 Å². The Balaban J connectivity index is 1.84. The molecular formula is C15H21N3OS. The highest BCUT2D eigenvalue weighted by Gasteiger charge is 2.07. The lowest BCUT2D eigenvalue weighted by molar-refractivity contribution is 0.199. The molecule has 2 rings (SSSR count). The monoisotopic (exact) mass is 291 g/mol. The van der Waals surface area contributed by atoms with Crippen molar-refractivity contribution in [2.45, 2.75) is 13.1 Å². The molecule has 0 saturated heterocycles. The molecule has 20 heavy (non-hydrogen) atoms. The quantitative estimate of drug-likeness (QED) is 0.758. The van der Waals surface area contributed by atoms with Crippen LogP contribution < -0.4 is 10.2 Å². The number of methoxy groups -OCH3 is 1. The molecule has 0 bridgehead atoms. The van der Waals surface area contributed by atoms with Gasteiger partial charge in [-0.25, -0.2) is 4.98 Å². The van der Waals surface area contributed by atoms with Crippen LogP contribution in [0.5, 0.6) is 0 Å². The molecule has 0 radical (unpaired) electrons. The van der Waals surface area contributed by atoms with E-state index in [1.807, 2.05) is 6.07 Å². The highest BCUT2D eigenvalue weighted by molar-refractivity contribution is 7.13. The average molecular weight is 291 g/mol. The number of benzene rings is 1. The number of hydrogen-bond acceptors (Lipinski definition) is 5. The fourth-order valence-corrected chi connectivity index (χ4v) is 2.66. The average Bonchev–Trinajstić information content (AvgIpc) is 2.94. The van der Waals surface area contributed by atoms with Gasteiger partial charge in [0.1, 0.15) is 0 Å². The van der Waals surface area contributed by atoms with Crippen LogP contribution >= 0.6 is 11.3 Å². The van der Waals surface area contributed by atoms with Crippen molar-refractivity contribution < 1.29 is 4.74 Å². The summed E-state index contributed by atoms with van der Waals surface area (Å²) < 4.78 is 5.00. The smallest absolute Gasteiger partial charge is 0.185 e. The second kappa shape index (κ2) is 7.99. The lowest BCUT2D eigenvalue weighted by Gasteiger charge is -2.15. The van der Waals surface area contributed by atoms with E-state index in [1.165, 1.54) is 5.56 Å². The van der Waals surface area contributed by atoms with Crippen LogP contribution in [0.2, 0.25) is 0 Å². The molecule has 0 fully saturated rings. The number of anilines is 1. The van der Waals surface area contributed by atoms with Crippen LogP contribution in [-0.4, -0.2) is 32.3 Å². The number of nitrogens with zero attached hydrogens (tertiary/aromatic N) is 2. The van der Waals surface area contributed by atoms with Gasteiger partial charge in [0.15, 0.2) is 5.13 Å². The summed E-state index contributed by atoms with van der Waals surface area (Å²) in [4.78, 5) is 6.82. The van der Waals surface area contributed by atoms with E-state index in [9.17, 15) is 0 Å². The van der Waals surface area contributed by atoms with E-state index in [2.05, 4.69) is 51.9 Å². The van der Waals surface area contributed by atoms with Gasteiger partial charge in [-0.15, -0.1) is 11.3 Å². The van der Waals surface area contributed by atoms with E-state index in [-0.39, 0.29) is 0 Å². The standard InChI is InChI=1S/C15H21N3OS/c1-18(11-13-6-4-3-5-7-13)15-17-14(12-20-15)10-16-8-9-19-2/h3-7,12,16H,8-11H2,1-2H3. The molecule has 1 heterocycles. The lowest BCUT2D eigenvalue weighted by atomic mass is 10.2. The number of nitrogens with one attached hydrogen (secondary N) is 1. The van der Waals surface area contributed by atoms with Crippen LogP contribution in [0, 0.1) is 0 Å². The predicted molar refractivity (Wildman–Crippen MR) is 84.2 cm³/mol. The van der Waals surface area contributed by atoms with Gasteiger partial charge in [-0.2, -0.15) is 0 Å². The van der Waals surface area contributed by atoms with Gasteiger partial charge in [-0.1, -0.05) is 30.3 Å². The molecule has 0 aliphatic rings. The third kappa shape index (κ3) is 4.59. The molecule has 4 nitrogen and oxygen atoms in total. The Kier molecular flexibility index (Phi) is 5.98. The van der Waals surface area contributed by atoms with Crippen LogP contribution in [0.15, 0.2) is 35.7 Å². The summed E-state index contributed by atoms with van der Waals surface area (Å²) in [5.74, 6) is 0. The van der Waals surface area contributed by atoms with E-state index in [0.717, 1.165) is 37.1 Å². The third-order valence-corrected chi connectivity index (χ3v) is 3.92. The molecular weight excluding hydrogens is 270 g/mol. The van der Waals surface area contributed by atoms with Crippen molar-refractivity contribution in [2.24, 2.45) is 0 Å². The Morgan fingerprint density at radius 2 is 2.10 bits per heavy atom. The van der Waals surface area contributed by atoms with Gasteiger partial charge < -0.3 is 15.0 Å². The van der Waals surface area contributed by atoms with Crippen LogP contribution in [0.25, 0.3) is 0 Å². The van der Waals surface area contributed by atoms with E-state index < -0.39 is 0 Å². The Morgan fingerprint density at radius 1 is 1.30 bits per heavy atom. The summed E-state index contributed by atoms with van der Waals surface area (Å²) in [5, 5.41) is 6.47. The van der Waals surface area contributed by atoms with E-state index >= 15 is 0 Å². The van der Waals surface area contributed by atoms with Crippen molar-refractivity contribution in [3.63, 3.8) is 0 Å². The first kappa shape index (κ1) is 15.0. The van der Waals surface area contributed by atoms with Crippen molar-refractivity contribution in [1.82, 2.24) is 10.3 Å². The first-order valence-electron chi connectivity index (χ1n) is 6.68. The summed E-state index contributed by atoms with van der Waals surface area (Å²) in [6, 6.07) is 10.4. The molecule has 0 atom stereocenters. The van der Waals surface area contributed by atoms with Gasteiger partial charge in [0.2, 0.25) is 0 Å². The van der Waals surface area contributed by atoms with Gasteiger partial charge in [0.25, 0.3) is 0 Å².